The van der Waals surface area contributed by atoms with Crippen molar-refractivity contribution >= 4 is 22.6 Å². The molecule has 7 heteroatoms. The molecular weight excluding hydrogens is 346 g/mol. The van der Waals surface area contributed by atoms with E-state index >= 15 is 0 Å². The third-order valence-electron chi connectivity index (χ3n) is 4.46. The molecule has 2 aromatic heterocycles. The summed E-state index contributed by atoms with van der Waals surface area (Å²) in [6.07, 6.45) is 1.73. The van der Waals surface area contributed by atoms with Crippen LogP contribution < -0.4 is 15.7 Å². The molecule has 0 aliphatic rings. The lowest BCUT2D eigenvalue weighted by atomic mass is 10.1. The summed E-state index contributed by atoms with van der Waals surface area (Å²) in [6, 6.07) is 6.80. The number of fused-ring (bicyclic) bond motifs is 1. The van der Waals surface area contributed by atoms with E-state index in [9.17, 15) is 9.59 Å². The van der Waals surface area contributed by atoms with Crippen molar-refractivity contribution in [3.63, 3.8) is 0 Å². The minimum absolute atomic E-state index is 0.155. The van der Waals surface area contributed by atoms with Gasteiger partial charge < -0.3 is 14.5 Å². The fourth-order valence-corrected chi connectivity index (χ4v) is 3.06. The molecule has 1 N–H and O–H groups in total. The van der Waals surface area contributed by atoms with Gasteiger partial charge in [-0.3, -0.25) is 9.48 Å². The van der Waals surface area contributed by atoms with Gasteiger partial charge in [-0.1, -0.05) is 13.3 Å². The van der Waals surface area contributed by atoms with Crippen molar-refractivity contribution in [2.45, 2.75) is 33.6 Å². The second-order valence-corrected chi connectivity index (χ2v) is 6.50. The SMILES string of the molecule is CCCc1cc(=O)oc2cc(OCC(=O)Nc3c(C)nn(C)c3C)ccc12. The topological polar surface area (TPSA) is 86.4 Å². The summed E-state index contributed by atoms with van der Waals surface area (Å²) >= 11 is 0. The molecule has 2 heterocycles. The number of aryl methyl sites for hydroxylation is 3. The first-order valence-corrected chi connectivity index (χ1v) is 8.88. The van der Waals surface area contributed by atoms with Crippen LogP contribution in [0.1, 0.15) is 30.3 Å². The second-order valence-electron chi connectivity index (χ2n) is 6.50. The van der Waals surface area contributed by atoms with E-state index in [0.29, 0.717) is 17.0 Å². The van der Waals surface area contributed by atoms with E-state index in [0.717, 1.165) is 35.2 Å². The monoisotopic (exact) mass is 369 g/mol. The Morgan fingerprint density at radius 3 is 2.74 bits per heavy atom. The molecule has 27 heavy (non-hydrogen) atoms. The van der Waals surface area contributed by atoms with Crippen molar-refractivity contribution in [2.24, 2.45) is 7.05 Å². The quantitative estimate of drug-likeness (QED) is 0.675. The standard InChI is InChI=1S/C20H23N3O4/c1-5-6-14-9-19(25)27-17-10-15(7-8-16(14)17)26-11-18(24)21-20-12(2)22-23(4)13(20)3/h7-10H,5-6,11H2,1-4H3,(H,21,24). The van der Waals surface area contributed by atoms with Gasteiger partial charge >= 0.3 is 5.63 Å². The summed E-state index contributed by atoms with van der Waals surface area (Å²) in [5.74, 6) is 0.185. The summed E-state index contributed by atoms with van der Waals surface area (Å²) in [4.78, 5) is 24.0. The molecule has 1 amide bonds. The molecule has 0 aliphatic carbocycles. The van der Waals surface area contributed by atoms with Crippen molar-refractivity contribution in [1.82, 2.24) is 9.78 Å². The van der Waals surface area contributed by atoms with E-state index in [1.165, 1.54) is 6.07 Å². The third kappa shape index (κ3) is 4.02. The molecule has 0 atom stereocenters. The van der Waals surface area contributed by atoms with E-state index in [1.54, 1.807) is 16.8 Å². The number of amides is 1. The Hall–Kier alpha value is -3.09. The smallest absolute Gasteiger partial charge is 0.336 e. The Bertz CT molecular complexity index is 1050. The second kappa shape index (κ2) is 7.65. The zero-order chi connectivity index (χ0) is 19.6. The van der Waals surface area contributed by atoms with Crippen molar-refractivity contribution in [3.8, 4) is 5.75 Å². The number of nitrogens with zero attached hydrogens (tertiary/aromatic N) is 2. The number of aromatic nitrogens is 2. The number of anilines is 1. The average molecular weight is 369 g/mol. The molecule has 0 spiro atoms. The number of hydrogen-bond donors (Lipinski definition) is 1. The first kappa shape index (κ1) is 18.7. The van der Waals surface area contributed by atoms with E-state index in [2.05, 4.69) is 17.3 Å². The van der Waals surface area contributed by atoms with Gasteiger partial charge in [0, 0.05) is 24.6 Å². The van der Waals surface area contributed by atoms with E-state index < -0.39 is 0 Å². The van der Waals surface area contributed by atoms with Crippen molar-refractivity contribution < 1.29 is 13.9 Å². The number of hydrogen-bond acceptors (Lipinski definition) is 5. The summed E-state index contributed by atoms with van der Waals surface area (Å²) in [5, 5.41) is 7.97. The van der Waals surface area contributed by atoms with E-state index in [1.807, 2.05) is 27.0 Å². The number of carbonyl (C=O) groups is 1. The minimum Gasteiger partial charge on any atom is -0.484 e. The van der Waals surface area contributed by atoms with Crippen LogP contribution in [0.15, 0.2) is 33.5 Å². The maximum absolute atomic E-state index is 12.2. The van der Waals surface area contributed by atoms with E-state index in [4.69, 9.17) is 9.15 Å². The van der Waals surface area contributed by atoms with Crippen LogP contribution in [0.3, 0.4) is 0 Å². The lowest BCUT2D eigenvalue weighted by Gasteiger charge is -2.09. The highest BCUT2D eigenvalue weighted by Gasteiger charge is 2.13. The zero-order valence-corrected chi connectivity index (χ0v) is 16.0. The normalized spacial score (nSPS) is 11.0. The molecule has 0 fully saturated rings. The first-order chi connectivity index (χ1) is 12.9. The van der Waals surface area contributed by atoms with E-state index in [-0.39, 0.29) is 18.1 Å². The highest BCUT2D eigenvalue weighted by atomic mass is 16.5. The van der Waals surface area contributed by atoms with Gasteiger partial charge in [0.25, 0.3) is 5.91 Å². The fraction of sp³-hybridized carbons (Fsp3) is 0.350. The number of nitrogens with one attached hydrogen (secondary N) is 1. The molecule has 3 rings (SSSR count). The molecule has 0 aliphatic heterocycles. The lowest BCUT2D eigenvalue weighted by Crippen LogP contribution is -2.21. The van der Waals surface area contributed by atoms with Gasteiger partial charge in [0.1, 0.15) is 11.3 Å². The molecule has 0 radical (unpaired) electrons. The fourth-order valence-electron chi connectivity index (χ4n) is 3.06. The van der Waals surface area contributed by atoms with Gasteiger partial charge in [-0.25, -0.2) is 4.79 Å². The Morgan fingerprint density at radius 1 is 1.30 bits per heavy atom. The highest BCUT2D eigenvalue weighted by molar-refractivity contribution is 5.93. The Balaban J connectivity index is 1.73. The summed E-state index contributed by atoms with van der Waals surface area (Å²) < 4.78 is 12.6. The molecular formula is C20H23N3O4. The van der Waals surface area contributed by atoms with Crippen LogP contribution in [0.25, 0.3) is 11.0 Å². The van der Waals surface area contributed by atoms with Crippen LogP contribution in [-0.2, 0) is 18.3 Å². The number of ether oxygens (including phenoxy) is 1. The summed E-state index contributed by atoms with van der Waals surface area (Å²) in [5.41, 5.74) is 3.35. The van der Waals surface area contributed by atoms with Gasteiger partial charge in [-0.15, -0.1) is 0 Å². The minimum atomic E-state index is -0.386. The number of rotatable bonds is 6. The molecule has 7 nitrogen and oxygen atoms in total. The average Bonchev–Trinajstić information content (AvgIpc) is 2.86. The van der Waals surface area contributed by atoms with Gasteiger partial charge in [-0.05, 0) is 38.0 Å². The van der Waals surface area contributed by atoms with Crippen molar-refractivity contribution in [2.75, 3.05) is 11.9 Å². The lowest BCUT2D eigenvalue weighted by molar-refractivity contribution is -0.118. The van der Waals surface area contributed by atoms with Crippen LogP contribution in [0.2, 0.25) is 0 Å². The highest BCUT2D eigenvalue weighted by Crippen LogP contribution is 2.24. The molecule has 0 bridgehead atoms. The summed E-state index contributed by atoms with van der Waals surface area (Å²) in [6.45, 7) is 5.62. The molecule has 1 aromatic carbocycles. The Morgan fingerprint density at radius 2 is 2.07 bits per heavy atom. The predicted octanol–water partition coefficient (Wildman–Crippen LogP) is 3.11. The van der Waals surface area contributed by atoms with Crippen LogP contribution in [0.5, 0.6) is 5.75 Å². The van der Waals surface area contributed by atoms with Gasteiger partial charge in [-0.2, -0.15) is 5.10 Å². The van der Waals surface area contributed by atoms with Gasteiger partial charge in [0.2, 0.25) is 0 Å². The maximum atomic E-state index is 12.2. The van der Waals surface area contributed by atoms with Gasteiger partial charge in [0.05, 0.1) is 17.1 Å². The van der Waals surface area contributed by atoms with Crippen molar-refractivity contribution in [3.05, 3.63) is 51.6 Å². The van der Waals surface area contributed by atoms with Crippen molar-refractivity contribution in [1.29, 1.82) is 0 Å². The number of carbonyl (C=O) groups excluding carboxylic acids is 1. The van der Waals surface area contributed by atoms with Crippen LogP contribution >= 0.6 is 0 Å². The maximum Gasteiger partial charge on any atom is 0.336 e. The largest absolute Gasteiger partial charge is 0.484 e. The third-order valence-corrected chi connectivity index (χ3v) is 4.46. The number of benzene rings is 1. The Kier molecular flexibility index (Phi) is 5.30. The Labute approximate surface area is 156 Å². The van der Waals surface area contributed by atoms with Crippen LogP contribution in [0.4, 0.5) is 5.69 Å². The molecule has 0 saturated carbocycles. The zero-order valence-electron chi connectivity index (χ0n) is 16.0. The molecule has 0 saturated heterocycles. The van der Waals surface area contributed by atoms with Crippen LogP contribution in [-0.4, -0.2) is 22.3 Å². The van der Waals surface area contributed by atoms with Crippen LogP contribution in [0, 0.1) is 13.8 Å². The predicted molar refractivity (Wildman–Crippen MR) is 103 cm³/mol. The first-order valence-electron chi connectivity index (χ1n) is 8.88. The molecule has 142 valence electrons. The molecule has 0 unspecified atom stereocenters. The molecule has 3 aromatic rings. The van der Waals surface area contributed by atoms with Gasteiger partial charge in [0.15, 0.2) is 6.61 Å². The summed E-state index contributed by atoms with van der Waals surface area (Å²) in [7, 11) is 1.82.